The van der Waals surface area contributed by atoms with Crippen LogP contribution in [-0.4, -0.2) is 44.6 Å². The predicted octanol–water partition coefficient (Wildman–Crippen LogP) is 3.32. The van der Waals surface area contributed by atoms with Gasteiger partial charge in [-0.25, -0.2) is 9.07 Å². The lowest BCUT2D eigenvalue weighted by Gasteiger charge is -2.13. The molecule has 1 fully saturated rings. The Kier molecular flexibility index (Phi) is 5.63. The number of halogens is 1. The van der Waals surface area contributed by atoms with Crippen LogP contribution < -0.4 is 5.32 Å². The second-order valence-electron chi connectivity index (χ2n) is 6.31. The highest BCUT2D eigenvalue weighted by atomic mass is 32.2. The number of rotatable bonds is 6. The molecule has 1 saturated heterocycles. The molecule has 0 radical (unpaired) electrons. The van der Waals surface area contributed by atoms with Crippen molar-refractivity contribution in [2.45, 2.75) is 23.8 Å². The Hall–Kier alpha value is -2.78. The van der Waals surface area contributed by atoms with Crippen molar-refractivity contribution in [1.29, 1.82) is 0 Å². The molecule has 1 aromatic heterocycles. The molecule has 28 heavy (non-hydrogen) atoms. The van der Waals surface area contributed by atoms with Crippen LogP contribution in [0.3, 0.4) is 0 Å². The number of nitrogens with one attached hydrogen (secondary N) is 1. The van der Waals surface area contributed by atoms with E-state index in [-0.39, 0.29) is 17.7 Å². The van der Waals surface area contributed by atoms with Gasteiger partial charge in [0.05, 0.1) is 23.0 Å². The Balaban J connectivity index is 1.51. The Morgan fingerprint density at radius 1 is 1.32 bits per heavy atom. The first-order valence-corrected chi connectivity index (χ1v) is 9.87. The maximum Gasteiger partial charge on any atom is 0.256 e. The van der Waals surface area contributed by atoms with Crippen LogP contribution >= 0.6 is 11.8 Å². The molecule has 1 N–H and O–H groups in total. The number of carbonyl (C=O) groups is 1. The number of thioether (sulfide) groups is 1. The van der Waals surface area contributed by atoms with Gasteiger partial charge in [0.1, 0.15) is 12.1 Å². The highest BCUT2D eigenvalue weighted by molar-refractivity contribution is 7.99. The number of tetrazole rings is 1. The molecule has 3 aromatic rings. The van der Waals surface area contributed by atoms with E-state index in [4.69, 9.17) is 4.74 Å². The molecule has 7 nitrogen and oxygen atoms in total. The van der Waals surface area contributed by atoms with E-state index in [1.807, 2.05) is 12.1 Å². The maximum absolute atomic E-state index is 14.2. The van der Waals surface area contributed by atoms with Crippen LogP contribution in [-0.2, 0) is 4.74 Å². The summed E-state index contributed by atoms with van der Waals surface area (Å²) in [6, 6.07) is 11.6. The van der Waals surface area contributed by atoms with E-state index in [0.29, 0.717) is 11.3 Å². The van der Waals surface area contributed by atoms with Gasteiger partial charge in [-0.1, -0.05) is 12.1 Å². The molecule has 0 bridgehead atoms. The largest absolute Gasteiger partial charge is 0.377 e. The first-order chi connectivity index (χ1) is 13.7. The molecule has 9 heteroatoms. The molecule has 1 amide bonds. The number of anilines is 1. The molecule has 2 aromatic carbocycles. The van der Waals surface area contributed by atoms with Gasteiger partial charge in [-0.15, -0.1) is 16.9 Å². The fourth-order valence-corrected chi connectivity index (χ4v) is 4.08. The summed E-state index contributed by atoms with van der Waals surface area (Å²) in [5, 5.41) is 13.6. The minimum atomic E-state index is -0.533. The van der Waals surface area contributed by atoms with E-state index < -0.39 is 5.82 Å². The summed E-state index contributed by atoms with van der Waals surface area (Å²) < 4.78 is 21.3. The average molecular weight is 399 g/mol. The molecule has 144 valence electrons. The molecule has 0 aliphatic carbocycles. The first-order valence-electron chi connectivity index (χ1n) is 8.88. The van der Waals surface area contributed by atoms with Crippen LogP contribution in [0.15, 0.2) is 53.7 Å². The van der Waals surface area contributed by atoms with Gasteiger partial charge in [-0.2, -0.15) is 0 Å². The van der Waals surface area contributed by atoms with E-state index in [1.165, 1.54) is 29.2 Å². The Morgan fingerprint density at radius 3 is 3.00 bits per heavy atom. The predicted molar refractivity (Wildman–Crippen MR) is 103 cm³/mol. The lowest BCUT2D eigenvalue weighted by molar-refractivity contribution is 0.102. The van der Waals surface area contributed by atoms with Gasteiger partial charge in [-0.3, -0.25) is 4.79 Å². The monoisotopic (exact) mass is 399 g/mol. The first kappa shape index (κ1) is 18.6. The Labute approximate surface area is 165 Å². The van der Waals surface area contributed by atoms with Gasteiger partial charge in [0.2, 0.25) is 0 Å². The van der Waals surface area contributed by atoms with E-state index in [1.54, 1.807) is 23.9 Å². The van der Waals surface area contributed by atoms with Crippen molar-refractivity contribution in [3.63, 3.8) is 0 Å². The van der Waals surface area contributed by atoms with Gasteiger partial charge in [-0.05, 0) is 53.6 Å². The molecule has 4 rings (SSSR count). The lowest BCUT2D eigenvalue weighted by Crippen LogP contribution is -2.15. The highest BCUT2D eigenvalue weighted by Crippen LogP contribution is 2.28. The molecule has 0 saturated carbocycles. The fourth-order valence-electron chi connectivity index (χ4n) is 2.96. The number of hydrogen-bond acceptors (Lipinski definition) is 6. The van der Waals surface area contributed by atoms with E-state index in [0.717, 1.165) is 30.1 Å². The van der Waals surface area contributed by atoms with Crippen LogP contribution in [0, 0.1) is 5.82 Å². The van der Waals surface area contributed by atoms with Crippen LogP contribution in [0.5, 0.6) is 0 Å². The minimum absolute atomic E-state index is 0.0666. The van der Waals surface area contributed by atoms with Crippen molar-refractivity contribution < 1.29 is 13.9 Å². The van der Waals surface area contributed by atoms with Crippen molar-refractivity contribution in [2.75, 3.05) is 17.7 Å². The lowest BCUT2D eigenvalue weighted by atomic mass is 10.2. The zero-order valence-electron chi connectivity index (χ0n) is 14.9. The molecule has 1 aliphatic rings. The van der Waals surface area contributed by atoms with Gasteiger partial charge >= 0.3 is 0 Å². The molecule has 1 aliphatic heterocycles. The highest BCUT2D eigenvalue weighted by Gasteiger charge is 2.18. The standard InChI is InChI=1S/C19H18FN5O2S/c20-16-8-7-13(25-12-21-23-24-25)10-17(16)22-19(26)15-5-1-2-6-18(15)28-11-14-4-3-9-27-14/h1-2,5-8,10,12,14H,3-4,9,11H2,(H,22,26)/t14-/m1/s1. The van der Waals surface area contributed by atoms with Crippen LogP contribution in [0.1, 0.15) is 23.2 Å². The molecule has 1 atom stereocenters. The quantitative estimate of drug-likeness (QED) is 0.641. The molecule has 0 unspecified atom stereocenters. The van der Waals surface area contributed by atoms with E-state index in [2.05, 4.69) is 20.8 Å². The molecule has 0 spiro atoms. The summed E-state index contributed by atoms with van der Waals surface area (Å²) in [7, 11) is 0. The van der Waals surface area contributed by atoms with Crippen molar-refractivity contribution >= 4 is 23.4 Å². The summed E-state index contributed by atoms with van der Waals surface area (Å²) in [5.41, 5.74) is 1.11. The van der Waals surface area contributed by atoms with Crippen LogP contribution in [0.4, 0.5) is 10.1 Å². The number of benzene rings is 2. The summed E-state index contributed by atoms with van der Waals surface area (Å²) >= 11 is 1.58. The third kappa shape index (κ3) is 4.20. The second-order valence-corrected chi connectivity index (χ2v) is 7.38. The summed E-state index contributed by atoms with van der Waals surface area (Å²) in [5.74, 6) is -0.120. The normalized spacial score (nSPS) is 16.2. The summed E-state index contributed by atoms with van der Waals surface area (Å²) in [4.78, 5) is 13.7. The number of aromatic nitrogens is 4. The van der Waals surface area contributed by atoms with E-state index >= 15 is 0 Å². The van der Waals surface area contributed by atoms with Crippen molar-refractivity contribution in [1.82, 2.24) is 20.2 Å². The van der Waals surface area contributed by atoms with Crippen molar-refractivity contribution in [3.8, 4) is 5.69 Å². The summed E-state index contributed by atoms with van der Waals surface area (Å²) in [6.07, 6.45) is 3.72. The van der Waals surface area contributed by atoms with E-state index in [9.17, 15) is 9.18 Å². The minimum Gasteiger partial charge on any atom is -0.377 e. The van der Waals surface area contributed by atoms with Crippen molar-refractivity contribution in [2.24, 2.45) is 0 Å². The molecular formula is C19H18FN5O2S. The molecular weight excluding hydrogens is 381 g/mol. The topological polar surface area (TPSA) is 81.9 Å². The second kappa shape index (κ2) is 8.49. The summed E-state index contributed by atoms with van der Waals surface area (Å²) in [6.45, 7) is 0.796. The van der Waals surface area contributed by atoms with Gasteiger partial charge in [0.15, 0.2) is 0 Å². The van der Waals surface area contributed by atoms with Gasteiger partial charge in [0, 0.05) is 17.3 Å². The third-order valence-corrected chi connectivity index (χ3v) is 5.60. The number of nitrogens with zero attached hydrogens (tertiary/aromatic N) is 4. The molecule has 2 heterocycles. The van der Waals surface area contributed by atoms with Crippen LogP contribution in [0.25, 0.3) is 5.69 Å². The Morgan fingerprint density at radius 2 is 2.21 bits per heavy atom. The number of hydrogen-bond donors (Lipinski definition) is 1. The third-order valence-electron chi connectivity index (χ3n) is 4.39. The maximum atomic E-state index is 14.2. The fraction of sp³-hybridized carbons (Fsp3) is 0.263. The van der Waals surface area contributed by atoms with Gasteiger partial charge in [0.25, 0.3) is 5.91 Å². The SMILES string of the molecule is O=C(Nc1cc(-n2cnnn2)ccc1F)c1ccccc1SC[C@H]1CCCO1. The number of amides is 1. The smallest absolute Gasteiger partial charge is 0.256 e. The van der Waals surface area contributed by atoms with Crippen molar-refractivity contribution in [3.05, 3.63) is 60.2 Å². The average Bonchev–Trinajstić information content (AvgIpc) is 3.42. The number of carbonyl (C=O) groups excluding carboxylic acids is 1. The van der Waals surface area contributed by atoms with Gasteiger partial charge < -0.3 is 10.1 Å². The number of ether oxygens (including phenoxy) is 1. The van der Waals surface area contributed by atoms with Crippen LogP contribution in [0.2, 0.25) is 0 Å². The zero-order chi connectivity index (χ0) is 19.3. The Bertz CT molecular complexity index is 961. The zero-order valence-corrected chi connectivity index (χ0v) is 15.7.